The molecular weight excluding hydrogens is 231 g/mol. The fraction of sp³-hybridized carbons (Fsp3) is 0.429. The molecule has 0 unspecified atom stereocenters. The van der Waals surface area contributed by atoms with E-state index in [2.05, 4.69) is 6.07 Å². The fourth-order valence-corrected chi connectivity index (χ4v) is 1.84. The Morgan fingerprint density at radius 2 is 2.17 bits per heavy atom. The lowest BCUT2D eigenvalue weighted by molar-refractivity contribution is 0.101. The number of aryl methyl sites for hydroxylation is 1. The summed E-state index contributed by atoms with van der Waals surface area (Å²) in [6.45, 7) is 6.25. The second-order valence-electron chi connectivity index (χ2n) is 4.16. The van der Waals surface area contributed by atoms with Crippen LogP contribution in [0.3, 0.4) is 0 Å². The first-order valence-corrected chi connectivity index (χ1v) is 5.94. The molecule has 0 radical (unpaired) electrons. The van der Waals surface area contributed by atoms with Gasteiger partial charge in [0.25, 0.3) is 0 Å². The predicted octanol–water partition coefficient (Wildman–Crippen LogP) is 3.08. The zero-order chi connectivity index (χ0) is 13.7. The molecule has 0 aliphatic heterocycles. The van der Waals surface area contributed by atoms with Crippen molar-refractivity contribution in [1.82, 2.24) is 0 Å². The molecule has 0 fully saturated rings. The van der Waals surface area contributed by atoms with Gasteiger partial charge >= 0.3 is 0 Å². The molecule has 1 aromatic carbocycles. The van der Waals surface area contributed by atoms with Crippen molar-refractivity contribution in [2.45, 2.75) is 27.2 Å². The van der Waals surface area contributed by atoms with Crippen LogP contribution in [0.4, 0.5) is 10.1 Å². The molecule has 0 saturated heterocycles. The smallest absolute Gasteiger partial charge is 0.161 e. The zero-order valence-electron chi connectivity index (χ0n) is 11.0. The molecule has 1 rings (SSSR count). The normalized spacial score (nSPS) is 9.94. The van der Waals surface area contributed by atoms with Gasteiger partial charge in [0.2, 0.25) is 0 Å². The Bertz CT molecular complexity index is 491. The number of nitriles is 1. The third-order valence-corrected chi connectivity index (χ3v) is 2.87. The van der Waals surface area contributed by atoms with Crippen molar-refractivity contribution in [3.8, 4) is 6.07 Å². The van der Waals surface area contributed by atoms with Crippen molar-refractivity contribution >= 4 is 11.5 Å². The Hall–Kier alpha value is -1.89. The van der Waals surface area contributed by atoms with Crippen LogP contribution in [0.15, 0.2) is 12.1 Å². The summed E-state index contributed by atoms with van der Waals surface area (Å²) in [6, 6.07) is 5.03. The van der Waals surface area contributed by atoms with Crippen LogP contribution in [-0.4, -0.2) is 18.9 Å². The predicted molar refractivity (Wildman–Crippen MR) is 69.3 cm³/mol. The molecule has 3 nitrogen and oxygen atoms in total. The van der Waals surface area contributed by atoms with Gasteiger partial charge in [-0.05, 0) is 38.5 Å². The van der Waals surface area contributed by atoms with Crippen LogP contribution in [-0.2, 0) is 0 Å². The van der Waals surface area contributed by atoms with Gasteiger partial charge in [-0.2, -0.15) is 5.26 Å². The number of Topliss-reactive ketones (excluding diaryl/α,β-unsaturated/α-hetero) is 1. The van der Waals surface area contributed by atoms with Crippen LogP contribution in [0.1, 0.15) is 36.2 Å². The van der Waals surface area contributed by atoms with Gasteiger partial charge in [-0.3, -0.25) is 4.79 Å². The number of benzene rings is 1. The van der Waals surface area contributed by atoms with E-state index in [1.807, 2.05) is 11.8 Å². The lowest BCUT2D eigenvalue weighted by Crippen LogP contribution is -2.25. The van der Waals surface area contributed by atoms with E-state index in [-0.39, 0.29) is 11.6 Å². The topological polar surface area (TPSA) is 44.1 Å². The highest BCUT2D eigenvalue weighted by Crippen LogP contribution is 2.25. The third-order valence-electron chi connectivity index (χ3n) is 2.87. The van der Waals surface area contributed by atoms with Crippen molar-refractivity contribution < 1.29 is 9.18 Å². The van der Waals surface area contributed by atoms with E-state index in [9.17, 15) is 9.18 Å². The van der Waals surface area contributed by atoms with Crippen LogP contribution in [0, 0.1) is 24.1 Å². The summed E-state index contributed by atoms with van der Waals surface area (Å²) < 4.78 is 13.5. The number of nitrogens with zero attached hydrogens (tertiary/aromatic N) is 2. The Labute approximate surface area is 107 Å². The minimum Gasteiger partial charge on any atom is -0.370 e. The molecule has 18 heavy (non-hydrogen) atoms. The van der Waals surface area contributed by atoms with E-state index in [1.54, 1.807) is 13.0 Å². The van der Waals surface area contributed by atoms with Crippen molar-refractivity contribution in [3.05, 3.63) is 29.1 Å². The first kappa shape index (κ1) is 14.2. The number of hydrogen-bond acceptors (Lipinski definition) is 3. The average molecular weight is 248 g/mol. The Morgan fingerprint density at radius 1 is 1.50 bits per heavy atom. The molecule has 0 N–H and O–H groups in total. The average Bonchev–Trinajstić information content (AvgIpc) is 2.33. The highest BCUT2D eigenvalue weighted by Gasteiger charge is 2.15. The standard InChI is InChI=1S/C14H17FN2O/c1-4-17(7-5-6-16)14-8-10(2)13(15)9-12(14)11(3)18/h8-9H,4-5,7H2,1-3H3. The summed E-state index contributed by atoms with van der Waals surface area (Å²) in [5, 5.41) is 8.63. The van der Waals surface area contributed by atoms with Gasteiger partial charge in [0.15, 0.2) is 5.78 Å². The van der Waals surface area contributed by atoms with Gasteiger partial charge in [-0.25, -0.2) is 4.39 Å². The van der Waals surface area contributed by atoms with Gasteiger partial charge in [0, 0.05) is 24.3 Å². The van der Waals surface area contributed by atoms with Gasteiger partial charge in [0.05, 0.1) is 12.5 Å². The van der Waals surface area contributed by atoms with E-state index >= 15 is 0 Å². The maximum absolute atomic E-state index is 13.5. The first-order valence-electron chi connectivity index (χ1n) is 5.94. The number of anilines is 1. The lowest BCUT2D eigenvalue weighted by atomic mass is 10.0. The van der Waals surface area contributed by atoms with Gasteiger partial charge in [-0.1, -0.05) is 0 Å². The van der Waals surface area contributed by atoms with Crippen molar-refractivity contribution in [1.29, 1.82) is 5.26 Å². The number of hydrogen-bond donors (Lipinski definition) is 0. The van der Waals surface area contributed by atoms with E-state index in [4.69, 9.17) is 5.26 Å². The molecule has 0 aromatic heterocycles. The molecule has 0 heterocycles. The summed E-state index contributed by atoms with van der Waals surface area (Å²) in [4.78, 5) is 13.5. The minimum absolute atomic E-state index is 0.167. The zero-order valence-corrected chi connectivity index (χ0v) is 11.0. The molecule has 0 aliphatic rings. The second-order valence-corrected chi connectivity index (χ2v) is 4.16. The minimum atomic E-state index is -0.375. The van der Waals surface area contributed by atoms with Crippen LogP contribution in [0.2, 0.25) is 0 Å². The summed E-state index contributed by atoms with van der Waals surface area (Å²) in [5.74, 6) is -0.542. The maximum Gasteiger partial charge on any atom is 0.161 e. The number of carbonyl (C=O) groups excluding carboxylic acids is 1. The molecule has 0 aliphatic carbocycles. The van der Waals surface area contributed by atoms with E-state index in [0.29, 0.717) is 36.3 Å². The maximum atomic E-state index is 13.5. The van der Waals surface area contributed by atoms with Gasteiger partial charge < -0.3 is 4.90 Å². The molecule has 1 aromatic rings. The third kappa shape index (κ3) is 3.07. The lowest BCUT2D eigenvalue weighted by Gasteiger charge is -2.24. The number of halogens is 1. The number of ketones is 1. The van der Waals surface area contributed by atoms with Crippen LogP contribution in [0.5, 0.6) is 0 Å². The quantitative estimate of drug-likeness (QED) is 0.752. The van der Waals surface area contributed by atoms with E-state index in [0.717, 1.165) is 0 Å². The Morgan fingerprint density at radius 3 is 2.67 bits per heavy atom. The molecule has 0 saturated carbocycles. The molecule has 96 valence electrons. The van der Waals surface area contributed by atoms with Crippen LogP contribution in [0.25, 0.3) is 0 Å². The highest BCUT2D eigenvalue weighted by atomic mass is 19.1. The Kier molecular flexibility index (Phi) is 4.85. The Balaban J connectivity index is 3.23. The molecular formula is C14H17FN2O. The molecule has 4 heteroatoms. The van der Waals surface area contributed by atoms with Gasteiger partial charge in [0.1, 0.15) is 5.82 Å². The molecule has 0 bridgehead atoms. The highest BCUT2D eigenvalue weighted by molar-refractivity contribution is 5.99. The monoisotopic (exact) mass is 248 g/mol. The molecule has 0 amide bonds. The second kappa shape index (κ2) is 6.15. The van der Waals surface area contributed by atoms with E-state index < -0.39 is 0 Å². The van der Waals surface area contributed by atoms with Crippen molar-refractivity contribution in [2.24, 2.45) is 0 Å². The van der Waals surface area contributed by atoms with Crippen LogP contribution >= 0.6 is 0 Å². The first-order chi connectivity index (χ1) is 8.51. The SMILES string of the molecule is CCN(CCC#N)c1cc(C)c(F)cc1C(C)=O. The molecule has 0 atom stereocenters. The van der Waals surface area contributed by atoms with Crippen molar-refractivity contribution in [3.63, 3.8) is 0 Å². The summed E-state index contributed by atoms with van der Waals surface area (Å²) in [5.41, 5.74) is 1.59. The molecule has 0 spiro atoms. The van der Waals surface area contributed by atoms with Gasteiger partial charge in [-0.15, -0.1) is 0 Å². The van der Waals surface area contributed by atoms with Crippen LogP contribution < -0.4 is 4.90 Å². The summed E-state index contributed by atoms with van der Waals surface area (Å²) in [7, 11) is 0. The fourth-order valence-electron chi connectivity index (χ4n) is 1.84. The number of carbonyl (C=O) groups is 1. The van der Waals surface area contributed by atoms with Crippen molar-refractivity contribution in [2.75, 3.05) is 18.0 Å². The summed E-state index contributed by atoms with van der Waals surface area (Å²) >= 11 is 0. The van der Waals surface area contributed by atoms with E-state index in [1.165, 1.54) is 13.0 Å². The number of rotatable bonds is 5. The largest absolute Gasteiger partial charge is 0.370 e. The summed E-state index contributed by atoms with van der Waals surface area (Å²) in [6.07, 6.45) is 0.377.